The quantitative estimate of drug-likeness (QED) is 0.757. The van der Waals surface area contributed by atoms with Crippen LogP contribution in [0.3, 0.4) is 0 Å². The van der Waals surface area contributed by atoms with E-state index in [4.69, 9.17) is 0 Å². The van der Waals surface area contributed by atoms with Crippen molar-refractivity contribution in [2.24, 2.45) is 0 Å². The molecule has 4 rings (SSSR count). The van der Waals surface area contributed by atoms with E-state index < -0.39 is 11.9 Å². The van der Waals surface area contributed by atoms with Crippen molar-refractivity contribution in [2.75, 3.05) is 36.0 Å². The van der Waals surface area contributed by atoms with Gasteiger partial charge in [-0.3, -0.25) is 14.5 Å². The highest BCUT2D eigenvalue weighted by Gasteiger charge is 2.44. The Hall–Kier alpha value is -2.44. The summed E-state index contributed by atoms with van der Waals surface area (Å²) in [6, 6.07) is 15.6. The van der Waals surface area contributed by atoms with Crippen LogP contribution in [0.2, 0.25) is 0 Å². The predicted molar refractivity (Wildman–Crippen MR) is 105 cm³/mol. The van der Waals surface area contributed by atoms with Gasteiger partial charge in [-0.2, -0.15) is 0 Å². The zero-order valence-corrected chi connectivity index (χ0v) is 15.6. The molecule has 0 saturated carbocycles. The van der Waals surface area contributed by atoms with Gasteiger partial charge in [-0.05, 0) is 24.3 Å². The summed E-state index contributed by atoms with van der Waals surface area (Å²) < 4.78 is 14.0. The minimum atomic E-state index is -0.552. The van der Waals surface area contributed by atoms with Gasteiger partial charge in [-0.15, -0.1) is 12.4 Å². The first kappa shape index (κ1) is 19.3. The molecule has 2 heterocycles. The Morgan fingerprint density at radius 2 is 1.48 bits per heavy atom. The standard InChI is InChI=1S/C20H20FN3O2.ClH/c21-16-8-4-5-9-17(16)24-19(25)14-18(20(24)26)23-12-10-22(11-13-23)15-6-2-1-3-7-15;/h1-9,18H,10-14H2;1H. The molecule has 27 heavy (non-hydrogen) atoms. The number of carbonyl (C=O) groups excluding carboxylic acids is 2. The number of halogens is 2. The van der Waals surface area contributed by atoms with E-state index in [0.29, 0.717) is 13.1 Å². The van der Waals surface area contributed by atoms with E-state index in [1.165, 1.54) is 12.1 Å². The lowest BCUT2D eigenvalue weighted by Gasteiger charge is -2.38. The second-order valence-electron chi connectivity index (χ2n) is 6.60. The highest BCUT2D eigenvalue weighted by molar-refractivity contribution is 6.22. The third-order valence-electron chi connectivity index (χ3n) is 5.09. The number of amides is 2. The van der Waals surface area contributed by atoms with Gasteiger partial charge in [-0.1, -0.05) is 30.3 Å². The van der Waals surface area contributed by atoms with Gasteiger partial charge in [0.05, 0.1) is 18.2 Å². The minimum absolute atomic E-state index is 0. The van der Waals surface area contributed by atoms with E-state index in [1.807, 2.05) is 23.1 Å². The second-order valence-corrected chi connectivity index (χ2v) is 6.60. The number of piperazine rings is 1. The lowest BCUT2D eigenvalue weighted by atomic mass is 10.1. The number of para-hydroxylation sites is 2. The van der Waals surface area contributed by atoms with Crippen LogP contribution in [-0.4, -0.2) is 48.9 Å². The molecule has 2 aliphatic rings. The molecule has 2 aromatic rings. The average molecular weight is 390 g/mol. The first-order chi connectivity index (χ1) is 12.6. The Labute approximate surface area is 163 Å². The monoisotopic (exact) mass is 389 g/mol. The molecule has 0 bridgehead atoms. The predicted octanol–water partition coefficient (Wildman–Crippen LogP) is 2.70. The Bertz CT molecular complexity index is 825. The first-order valence-corrected chi connectivity index (χ1v) is 8.80. The summed E-state index contributed by atoms with van der Waals surface area (Å²) in [5.74, 6) is -1.22. The molecule has 2 saturated heterocycles. The average Bonchev–Trinajstić information content (AvgIpc) is 2.97. The summed E-state index contributed by atoms with van der Waals surface area (Å²) in [7, 11) is 0. The van der Waals surface area contributed by atoms with Crippen molar-refractivity contribution in [1.29, 1.82) is 0 Å². The molecule has 2 fully saturated rings. The summed E-state index contributed by atoms with van der Waals surface area (Å²) >= 11 is 0. The van der Waals surface area contributed by atoms with Crippen molar-refractivity contribution in [2.45, 2.75) is 12.5 Å². The van der Waals surface area contributed by atoms with E-state index in [9.17, 15) is 14.0 Å². The maximum Gasteiger partial charge on any atom is 0.251 e. The molecule has 0 radical (unpaired) electrons. The number of imide groups is 1. The smallest absolute Gasteiger partial charge is 0.251 e. The number of benzene rings is 2. The number of rotatable bonds is 3. The molecule has 2 aromatic carbocycles. The number of hydrogen-bond acceptors (Lipinski definition) is 4. The van der Waals surface area contributed by atoms with Crippen LogP contribution in [0, 0.1) is 5.82 Å². The molecule has 1 atom stereocenters. The van der Waals surface area contributed by atoms with Crippen molar-refractivity contribution in [3.05, 3.63) is 60.4 Å². The van der Waals surface area contributed by atoms with Crippen LogP contribution in [0.4, 0.5) is 15.8 Å². The Morgan fingerprint density at radius 3 is 2.15 bits per heavy atom. The van der Waals surface area contributed by atoms with Crippen LogP contribution in [0.5, 0.6) is 0 Å². The van der Waals surface area contributed by atoms with E-state index in [2.05, 4.69) is 17.0 Å². The normalized spacial score (nSPS) is 20.7. The van der Waals surface area contributed by atoms with Crippen molar-refractivity contribution < 1.29 is 14.0 Å². The largest absolute Gasteiger partial charge is 0.369 e. The van der Waals surface area contributed by atoms with E-state index in [0.717, 1.165) is 23.7 Å². The molecule has 7 heteroatoms. The Kier molecular flexibility index (Phi) is 5.77. The zero-order valence-electron chi connectivity index (χ0n) is 14.8. The summed E-state index contributed by atoms with van der Waals surface area (Å²) in [4.78, 5) is 30.5. The summed E-state index contributed by atoms with van der Waals surface area (Å²) in [6.45, 7) is 2.98. The molecule has 0 N–H and O–H groups in total. The molecular formula is C20H21ClFN3O2. The van der Waals surface area contributed by atoms with Crippen LogP contribution in [0.1, 0.15) is 6.42 Å². The molecule has 1 unspecified atom stereocenters. The minimum Gasteiger partial charge on any atom is -0.369 e. The van der Waals surface area contributed by atoms with Crippen LogP contribution in [0.25, 0.3) is 0 Å². The first-order valence-electron chi connectivity index (χ1n) is 8.80. The fourth-order valence-electron chi connectivity index (χ4n) is 3.72. The van der Waals surface area contributed by atoms with Gasteiger partial charge in [0.1, 0.15) is 5.82 Å². The fourth-order valence-corrected chi connectivity index (χ4v) is 3.72. The van der Waals surface area contributed by atoms with Gasteiger partial charge in [0.15, 0.2) is 0 Å². The van der Waals surface area contributed by atoms with Crippen LogP contribution >= 0.6 is 12.4 Å². The van der Waals surface area contributed by atoms with Gasteiger partial charge >= 0.3 is 0 Å². The summed E-state index contributed by atoms with van der Waals surface area (Å²) in [5.41, 5.74) is 1.21. The Morgan fingerprint density at radius 1 is 0.852 bits per heavy atom. The maximum absolute atomic E-state index is 14.0. The molecule has 0 aliphatic carbocycles. The second kappa shape index (κ2) is 8.06. The Balaban J connectivity index is 0.00000210. The SMILES string of the molecule is Cl.O=C1CC(N2CCN(c3ccccc3)CC2)C(=O)N1c1ccccc1F. The van der Waals surface area contributed by atoms with Crippen molar-refractivity contribution in [3.63, 3.8) is 0 Å². The summed E-state index contributed by atoms with van der Waals surface area (Å²) in [6.07, 6.45) is 0.110. The van der Waals surface area contributed by atoms with Crippen LogP contribution in [0.15, 0.2) is 54.6 Å². The molecule has 2 aliphatic heterocycles. The molecule has 2 amide bonds. The highest BCUT2D eigenvalue weighted by Crippen LogP contribution is 2.28. The van der Waals surface area contributed by atoms with Crippen molar-refractivity contribution in [3.8, 4) is 0 Å². The summed E-state index contributed by atoms with van der Waals surface area (Å²) in [5, 5.41) is 0. The lowest BCUT2D eigenvalue weighted by Crippen LogP contribution is -2.52. The molecule has 5 nitrogen and oxygen atoms in total. The van der Waals surface area contributed by atoms with Crippen molar-refractivity contribution >= 4 is 35.6 Å². The third-order valence-corrected chi connectivity index (χ3v) is 5.09. The third kappa shape index (κ3) is 3.68. The van der Waals surface area contributed by atoms with Crippen molar-refractivity contribution in [1.82, 2.24) is 4.90 Å². The zero-order chi connectivity index (χ0) is 18.1. The van der Waals surface area contributed by atoms with Gasteiger partial charge in [0.25, 0.3) is 5.91 Å². The number of anilines is 2. The van der Waals surface area contributed by atoms with Gasteiger partial charge < -0.3 is 4.90 Å². The number of carbonyl (C=O) groups is 2. The fraction of sp³-hybridized carbons (Fsp3) is 0.300. The van der Waals surface area contributed by atoms with E-state index in [-0.39, 0.29) is 36.3 Å². The molecule has 0 spiro atoms. The molecule has 142 valence electrons. The maximum atomic E-state index is 14.0. The van der Waals surface area contributed by atoms with E-state index in [1.54, 1.807) is 12.1 Å². The van der Waals surface area contributed by atoms with Gasteiger partial charge in [0, 0.05) is 31.9 Å². The van der Waals surface area contributed by atoms with Crippen LogP contribution in [-0.2, 0) is 9.59 Å². The lowest BCUT2D eigenvalue weighted by molar-refractivity contribution is -0.123. The topological polar surface area (TPSA) is 43.9 Å². The number of hydrogen-bond donors (Lipinski definition) is 0. The van der Waals surface area contributed by atoms with Crippen LogP contribution < -0.4 is 9.80 Å². The van der Waals surface area contributed by atoms with Gasteiger partial charge in [0.2, 0.25) is 5.91 Å². The molecular weight excluding hydrogens is 369 g/mol. The molecule has 0 aromatic heterocycles. The highest BCUT2D eigenvalue weighted by atomic mass is 35.5. The van der Waals surface area contributed by atoms with E-state index >= 15 is 0 Å². The van der Waals surface area contributed by atoms with Gasteiger partial charge in [-0.25, -0.2) is 9.29 Å². The number of nitrogens with zero attached hydrogens (tertiary/aromatic N) is 3.